The number of aliphatic hydroxyl groups is 1. The average Bonchev–Trinajstić information content (AvgIpc) is 2.13. The molecule has 76 valence electrons. The van der Waals surface area contributed by atoms with Crippen LogP contribution in [0, 0.1) is 0 Å². The van der Waals surface area contributed by atoms with Crippen LogP contribution in [-0.4, -0.2) is 10.7 Å². The highest BCUT2D eigenvalue weighted by Crippen LogP contribution is 2.06. The maximum absolute atomic E-state index is 9.43. The van der Waals surface area contributed by atoms with Crippen molar-refractivity contribution in [2.75, 3.05) is 0 Å². The molecule has 0 bridgehead atoms. The van der Waals surface area contributed by atoms with Gasteiger partial charge in [0.2, 0.25) is 0 Å². The van der Waals surface area contributed by atoms with E-state index in [1.807, 2.05) is 18.2 Å². The standard InChI is InChI=1S/C13H18O/c1-13(2,14)11-7-6-10-12-8-4-3-5-9-12/h3-5,7-9,11,14H,6,10H2,1-2H3. The Labute approximate surface area is 86.1 Å². The minimum atomic E-state index is -0.684. The topological polar surface area (TPSA) is 20.2 Å². The monoisotopic (exact) mass is 190 g/mol. The number of hydrogen-bond donors (Lipinski definition) is 1. The van der Waals surface area contributed by atoms with Gasteiger partial charge < -0.3 is 5.11 Å². The van der Waals surface area contributed by atoms with Gasteiger partial charge in [0, 0.05) is 0 Å². The molecule has 0 aliphatic heterocycles. The summed E-state index contributed by atoms with van der Waals surface area (Å²) in [6, 6.07) is 10.4. The van der Waals surface area contributed by atoms with Crippen LogP contribution in [0.4, 0.5) is 0 Å². The van der Waals surface area contributed by atoms with Crippen LogP contribution in [0.2, 0.25) is 0 Å². The van der Waals surface area contributed by atoms with E-state index in [1.54, 1.807) is 13.8 Å². The molecule has 0 amide bonds. The van der Waals surface area contributed by atoms with Crippen LogP contribution in [0.15, 0.2) is 42.5 Å². The van der Waals surface area contributed by atoms with E-state index in [-0.39, 0.29) is 0 Å². The smallest absolute Gasteiger partial charge is 0.0771 e. The van der Waals surface area contributed by atoms with E-state index in [0.717, 1.165) is 12.8 Å². The third kappa shape index (κ3) is 4.83. The Kier molecular flexibility index (Phi) is 3.90. The summed E-state index contributed by atoms with van der Waals surface area (Å²) in [6.45, 7) is 3.57. The van der Waals surface area contributed by atoms with Crippen LogP contribution in [0.1, 0.15) is 25.8 Å². The summed E-state index contributed by atoms with van der Waals surface area (Å²) < 4.78 is 0. The largest absolute Gasteiger partial charge is 0.386 e. The molecule has 0 saturated heterocycles. The zero-order chi connectivity index (χ0) is 10.4. The quantitative estimate of drug-likeness (QED) is 0.724. The molecule has 1 aromatic carbocycles. The van der Waals surface area contributed by atoms with Crippen molar-refractivity contribution in [3.63, 3.8) is 0 Å². The van der Waals surface area contributed by atoms with Gasteiger partial charge in [-0.3, -0.25) is 0 Å². The van der Waals surface area contributed by atoms with E-state index >= 15 is 0 Å². The van der Waals surface area contributed by atoms with Crippen molar-refractivity contribution < 1.29 is 5.11 Å². The van der Waals surface area contributed by atoms with Crippen LogP contribution >= 0.6 is 0 Å². The van der Waals surface area contributed by atoms with Gasteiger partial charge in [-0.15, -0.1) is 0 Å². The Bertz CT molecular complexity index is 280. The number of benzene rings is 1. The molecule has 0 heterocycles. The predicted octanol–water partition coefficient (Wildman–Crippen LogP) is 2.95. The van der Waals surface area contributed by atoms with Crippen LogP contribution in [-0.2, 0) is 6.42 Å². The third-order valence-electron chi connectivity index (χ3n) is 1.97. The second-order valence-corrected chi connectivity index (χ2v) is 4.08. The fraction of sp³-hybridized carbons (Fsp3) is 0.385. The zero-order valence-corrected chi connectivity index (χ0v) is 8.90. The fourth-order valence-corrected chi connectivity index (χ4v) is 1.27. The highest BCUT2D eigenvalue weighted by molar-refractivity contribution is 5.15. The van der Waals surface area contributed by atoms with Gasteiger partial charge >= 0.3 is 0 Å². The maximum atomic E-state index is 9.43. The molecular formula is C13H18O. The summed E-state index contributed by atoms with van der Waals surface area (Å²) in [5.41, 5.74) is 0.657. The molecule has 0 aromatic heterocycles. The van der Waals surface area contributed by atoms with E-state index in [2.05, 4.69) is 24.3 Å². The Morgan fingerprint density at radius 1 is 1.21 bits per heavy atom. The molecule has 0 atom stereocenters. The van der Waals surface area contributed by atoms with Crippen LogP contribution in [0.5, 0.6) is 0 Å². The van der Waals surface area contributed by atoms with Crippen molar-refractivity contribution in [2.24, 2.45) is 0 Å². The van der Waals surface area contributed by atoms with Gasteiger partial charge in [0.1, 0.15) is 0 Å². The van der Waals surface area contributed by atoms with E-state index in [1.165, 1.54) is 5.56 Å². The van der Waals surface area contributed by atoms with Crippen molar-refractivity contribution in [2.45, 2.75) is 32.3 Å². The Morgan fingerprint density at radius 2 is 1.86 bits per heavy atom. The highest BCUT2D eigenvalue weighted by atomic mass is 16.3. The molecule has 1 rings (SSSR count). The van der Waals surface area contributed by atoms with Gasteiger partial charge in [-0.1, -0.05) is 42.5 Å². The highest BCUT2D eigenvalue weighted by Gasteiger charge is 2.04. The minimum Gasteiger partial charge on any atom is -0.386 e. The van der Waals surface area contributed by atoms with Crippen molar-refractivity contribution in [1.82, 2.24) is 0 Å². The minimum absolute atomic E-state index is 0.684. The molecule has 1 nitrogen and oxygen atoms in total. The van der Waals surface area contributed by atoms with Crippen molar-refractivity contribution in [1.29, 1.82) is 0 Å². The molecular weight excluding hydrogens is 172 g/mol. The Morgan fingerprint density at radius 3 is 2.43 bits per heavy atom. The third-order valence-corrected chi connectivity index (χ3v) is 1.97. The predicted molar refractivity (Wildman–Crippen MR) is 60.2 cm³/mol. The molecule has 1 aromatic rings. The summed E-state index contributed by atoms with van der Waals surface area (Å²) in [6.07, 6.45) is 5.89. The van der Waals surface area contributed by atoms with Gasteiger partial charge in [0.05, 0.1) is 5.60 Å². The number of aryl methyl sites for hydroxylation is 1. The molecule has 0 aliphatic carbocycles. The number of hydrogen-bond acceptors (Lipinski definition) is 1. The summed E-state index contributed by atoms with van der Waals surface area (Å²) >= 11 is 0. The van der Waals surface area contributed by atoms with E-state index in [0.29, 0.717) is 0 Å². The lowest BCUT2D eigenvalue weighted by Crippen LogP contribution is -2.13. The molecule has 0 saturated carbocycles. The van der Waals surface area contributed by atoms with Gasteiger partial charge in [0.25, 0.3) is 0 Å². The second kappa shape index (κ2) is 4.97. The summed E-state index contributed by atoms with van der Waals surface area (Å²) in [4.78, 5) is 0. The lowest BCUT2D eigenvalue weighted by molar-refractivity contribution is 0.133. The molecule has 0 aliphatic rings. The molecule has 1 N–H and O–H groups in total. The molecule has 0 unspecified atom stereocenters. The van der Waals surface area contributed by atoms with Gasteiger partial charge in [0.15, 0.2) is 0 Å². The second-order valence-electron chi connectivity index (χ2n) is 4.08. The number of rotatable bonds is 4. The average molecular weight is 190 g/mol. The van der Waals surface area contributed by atoms with Crippen molar-refractivity contribution in [3.05, 3.63) is 48.0 Å². The first-order valence-corrected chi connectivity index (χ1v) is 5.02. The van der Waals surface area contributed by atoms with Gasteiger partial charge in [-0.2, -0.15) is 0 Å². The van der Waals surface area contributed by atoms with Gasteiger partial charge in [-0.25, -0.2) is 0 Å². The normalized spacial score (nSPS) is 12.2. The fourth-order valence-electron chi connectivity index (χ4n) is 1.27. The zero-order valence-electron chi connectivity index (χ0n) is 8.90. The first-order chi connectivity index (χ1) is 6.58. The molecule has 0 radical (unpaired) electrons. The molecule has 0 spiro atoms. The van der Waals surface area contributed by atoms with Crippen LogP contribution in [0.3, 0.4) is 0 Å². The molecule has 1 heteroatoms. The van der Waals surface area contributed by atoms with Crippen LogP contribution in [0.25, 0.3) is 0 Å². The number of allylic oxidation sites excluding steroid dienone is 1. The van der Waals surface area contributed by atoms with E-state index in [9.17, 15) is 5.11 Å². The molecule has 14 heavy (non-hydrogen) atoms. The molecule has 0 fully saturated rings. The first-order valence-electron chi connectivity index (χ1n) is 5.02. The summed E-state index contributed by atoms with van der Waals surface area (Å²) in [5.74, 6) is 0. The van der Waals surface area contributed by atoms with Gasteiger partial charge in [-0.05, 0) is 32.3 Å². The first kappa shape index (κ1) is 11.0. The Balaban J connectivity index is 2.33. The van der Waals surface area contributed by atoms with E-state index < -0.39 is 5.60 Å². The SMILES string of the molecule is CC(C)(O)C=CCCc1ccccc1. The van der Waals surface area contributed by atoms with Crippen molar-refractivity contribution in [3.8, 4) is 0 Å². The Hall–Kier alpha value is -1.08. The summed E-state index contributed by atoms with van der Waals surface area (Å²) in [7, 11) is 0. The summed E-state index contributed by atoms with van der Waals surface area (Å²) in [5, 5.41) is 9.43. The van der Waals surface area contributed by atoms with Crippen LogP contribution < -0.4 is 0 Å². The van der Waals surface area contributed by atoms with Crippen molar-refractivity contribution >= 4 is 0 Å². The lowest BCUT2D eigenvalue weighted by atomic mass is 10.1. The van der Waals surface area contributed by atoms with E-state index in [4.69, 9.17) is 0 Å². The maximum Gasteiger partial charge on any atom is 0.0771 e. The lowest BCUT2D eigenvalue weighted by Gasteiger charge is -2.09.